The van der Waals surface area contributed by atoms with Gasteiger partial charge in [-0.15, -0.1) is 16.8 Å². The van der Waals surface area contributed by atoms with E-state index in [0.29, 0.717) is 34.0 Å². The van der Waals surface area contributed by atoms with Crippen LogP contribution in [0, 0.1) is 0 Å². The molecule has 10 heteroatoms. The molecule has 0 unspecified atom stereocenters. The summed E-state index contributed by atoms with van der Waals surface area (Å²) in [7, 11) is 0. The van der Waals surface area contributed by atoms with Crippen molar-refractivity contribution in [3.8, 4) is 11.6 Å². The van der Waals surface area contributed by atoms with E-state index >= 15 is 0 Å². The van der Waals surface area contributed by atoms with E-state index in [4.69, 9.17) is 16.0 Å². The van der Waals surface area contributed by atoms with Gasteiger partial charge >= 0.3 is 0 Å². The Hall–Kier alpha value is -2.07. The van der Waals surface area contributed by atoms with Crippen molar-refractivity contribution in [3.05, 3.63) is 69.1 Å². The third-order valence-corrected chi connectivity index (χ3v) is 6.96. The number of allylic oxidation sites excluding steroid dienone is 1. The number of amides is 1. The van der Waals surface area contributed by atoms with Crippen LogP contribution in [0.25, 0.3) is 22.6 Å². The maximum atomic E-state index is 12.4. The molecule has 1 N–H and O–H groups in total. The number of hydrogen-bond donors (Lipinski definition) is 1. The number of hydrogen-bond acceptors (Lipinski definition) is 5. The normalized spacial score (nSPS) is 11.1. The van der Waals surface area contributed by atoms with Crippen LogP contribution in [-0.4, -0.2) is 26.4 Å². The van der Waals surface area contributed by atoms with Crippen LogP contribution in [0.15, 0.2) is 73.6 Å². The minimum Gasteiger partial charge on any atom is -0.453 e. The number of anilines is 1. The van der Waals surface area contributed by atoms with Gasteiger partial charge in [-0.25, -0.2) is 0 Å². The summed E-state index contributed by atoms with van der Waals surface area (Å²) < 4.78 is 9.56. The van der Waals surface area contributed by atoms with Crippen LogP contribution in [-0.2, 0) is 11.3 Å². The average molecular weight is 583 g/mol. The number of fused-ring (bicyclic) bond motifs is 1. The lowest BCUT2D eigenvalue weighted by atomic mass is 10.2. The van der Waals surface area contributed by atoms with Crippen LogP contribution in [0.4, 0.5) is 5.69 Å². The molecule has 0 bridgehead atoms. The van der Waals surface area contributed by atoms with Gasteiger partial charge in [0.05, 0.1) is 10.8 Å². The molecule has 0 atom stereocenters. The minimum absolute atomic E-state index is 0.163. The van der Waals surface area contributed by atoms with Gasteiger partial charge in [-0.2, -0.15) is 0 Å². The first-order valence-electron chi connectivity index (χ1n) is 9.06. The third-order valence-electron chi connectivity index (χ3n) is 4.26. The number of nitrogens with zero attached hydrogens (tertiary/aromatic N) is 3. The molecule has 0 aliphatic heterocycles. The molecule has 158 valence electrons. The van der Waals surface area contributed by atoms with E-state index in [-0.39, 0.29) is 11.7 Å². The summed E-state index contributed by atoms with van der Waals surface area (Å²) in [6.45, 7) is 4.30. The number of aromatic nitrogens is 3. The first-order chi connectivity index (χ1) is 14.9. The molecule has 6 nitrogen and oxygen atoms in total. The molecule has 0 saturated carbocycles. The van der Waals surface area contributed by atoms with Gasteiger partial charge in [0, 0.05) is 26.6 Å². The van der Waals surface area contributed by atoms with E-state index in [9.17, 15) is 4.79 Å². The second-order valence-corrected chi connectivity index (χ2v) is 9.58. The van der Waals surface area contributed by atoms with Crippen LogP contribution in [0.2, 0.25) is 5.02 Å². The number of thioether (sulfide) groups is 1. The average Bonchev–Trinajstić information content (AvgIpc) is 3.33. The van der Waals surface area contributed by atoms with E-state index in [1.807, 2.05) is 28.8 Å². The zero-order valence-corrected chi connectivity index (χ0v) is 20.7. The summed E-state index contributed by atoms with van der Waals surface area (Å²) in [6, 6.07) is 13.0. The zero-order chi connectivity index (χ0) is 22.0. The molecule has 0 spiro atoms. The lowest BCUT2D eigenvalue weighted by Gasteiger charge is -2.08. The third kappa shape index (κ3) is 5.06. The van der Waals surface area contributed by atoms with Gasteiger partial charge in [0.1, 0.15) is 5.58 Å². The minimum atomic E-state index is -0.174. The van der Waals surface area contributed by atoms with Crippen molar-refractivity contribution >= 4 is 77.8 Å². The molecular weight excluding hydrogens is 568 g/mol. The molecule has 31 heavy (non-hydrogen) atoms. The number of furan rings is 1. The SMILES string of the molecule is C=CCn1c(SCC(=O)Nc2ccc(Br)c(Cl)c2)nnc1-c1cc2cc(Br)ccc2o1. The predicted molar refractivity (Wildman–Crippen MR) is 132 cm³/mol. The largest absolute Gasteiger partial charge is 0.453 e. The van der Waals surface area contributed by atoms with Crippen LogP contribution in [0.1, 0.15) is 0 Å². The second kappa shape index (κ2) is 9.60. The fraction of sp³-hybridized carbons (Fsp3) is 0.0952. The van der Waals surface area contributed by atoms with E-state index in [0.717, 1.165) is 19.9 Å². The van der Waals surface area contributed by atoms with Gasteiger partial charge in [-0.05, 0) is 58.4 Å². The van der Waals surface area contributed by atoms with Gasteiger partial charge in [-0.3, -0.25) is 9.36 Å². The summed E-state index contributed by atoms with van der Waals surface area (Å²) in [4.78, 5) is 12.4. The summed E-state index contributed by atoms with van der Waals surface area (Å²) in [5, 5.41) is 13.5. The highest BCUT2D eigenvalue weighted by Crippen LogP contribution is 2.31. The highest BCUT2D eigenvalue weighted by atomic mass is 79.9. The fourth-order valence-electron chi connectivity index (χ4n) is 2.90. The molecule has 0 radical (unpaired) electrons. The van der Waals surface area contributed by atoms with Crippen molar-refractivity contribution in [3.63, 3.8) is 0 Å². The molecular formula is C21H15Br2ClN4O2S. The number of benzene rings is 2. The Morgan fingerprint density at radius 2 is 2.06 bits per heavy atom. The van der Waals surface area contributed by atoms with Crippen molar-refractivity contribution in [2.24, 2.45) is 0 Å². The molecule has 2 aromatic carbocycles. The van der Waals surface area contributed by atoms with E-state index in [1.54, 1.807) is 24.3 Å². The Kier molecular flexibility index (Phi) is 6.86. The van der Waals surface area contributed by atoms with Crippen molar-refractivity contribution in [2.75, 3.05) is 11.1 Å². The van der Waals surface area contributed by atoms with Crippen molar-refractivity contribution in [2.45, 2.75) is 11.7 Å². The first-order valence-corrected chi connectivity index (χ1v) is 12.0. The summed E-state index contributed by atoms with van der Waals surface area (Å²) in [6.07, 6.45) is 1.75. The Bertz CT molecular complexity index is 1290. The molecule has 2 heterocycles. The number of carbonyl (C=O) groups is 1. The molecule has 2 aromatic heterocycles. The number of nitrogens with one attached hydrogen (secondary N) is 1. The first kappa shape index (κ1) is 22.1. The maximum Gasteiger partial charge on any atom is 0.234 e. The molecule has 0 aliphatic rings. The quantitative estimate of drug-likeness (QED) is 0.192. The molecule has 0 saturated heterocycles. The van der Waals surface area contributed by atoms with Crippen LogP contribution in [0.3, 0.4) is 0 Å². The van der Waals surface area contributed by atoms with Crippen LogP contribution in [0.5, 0.6) is 0 Å². The molecule has 0 aliphatic carbocycles. The smallest absolute Gasteiger partial charge is 0.234 e. The van der Waals surface area contributed by atoms with Crippen molar-refractivity contribution < 1.29 is 9.21 Å². The van der Waals surface area contributed by atoms with Gasteiger partial charge in [0.25, 0.3) is 0 Å². The summed E-state index contributed by atoms with van der Waals surface area (Å²) in [5.74, 6) is 1.17. The second-order valence-electron chi connectivity index (χ2n) is 6.46. The Morgan fingerprint density at radius 3 is 2.84 bits per heavy atom. The fourth-order valence-corrected chi connectivity index (χ4v) is 4.45. The molecule has 4 aromatic rings. The Balaban J connectivity index is 1.52. The maximum absolute atomic E-state index is 12.4. The van der Waals surface area contributed by atoms with E-state index < -0.39 is 0 Å². The van der Waals surface area contributed by atoms with Crippen LogP contribution < -0.4 is 5.32 Å². The van der Waals surface area contributed by atoms with Gasteiger partial charge < -0.3 is 9.73 Å². The van der Waals surface area contributed by atoms with Gasteiger partial charge in [0.15, 0.2) is 10.9 Å². The Labute approximate surface area is 204 Å². The monoisotopic (exact) mass is 580 g/mol. The lowest BCUT2D eigenvalue weighted by molar-refractivity contribution is -0.113. The summed E-state index contributed by atoms with van der Waals surface area (Å²) in [5.41, 5.74) is 1.38. The topological polar surface area (TPSA) is 73.0 Å². The molecule has 0 fully saturated rings. The molecule has 4 rings (SSSR count). The van der Waals surface area contributed by atoms with E-state index in [2.05, 4.69) is 54.0 Å². The lowest BCUT2D eigenvalue weighted by Crippen LogP contribution is -2.14. The highest BCUT2D eigenvalue weighted by Gasteiger charge is 2.18. The standard InChI is InChI=1S/C21H15Br2ClN4O2S/c1-2-7-28-20(18-9-12-8-13(22)3-6-17(12)30-18)26-27-21(28)31-11-19(29)25-14-4-5-15(23)16(24)10-14/h2-6,8-10H,1,7,11H2,(H,25,29). The number of rotatable bonds is 7. The Morgan fingerprint density at radius 1 is 1.23 bits per heavy atom. The predicted octanol–water partition coefficient (Wildman–Crippen LogP) is 6.79. The van der Waals surface area contributed by atoms with Gasteiger partial charge in [0.2, 0.25) is 11.7 Å². The van der Waals surface area contributed by atoms with E-state index in [1.165, 1.54) is 11.8 Å². The zero-order valence-electron chi connectivity index (χ0n) is 15.9. The highest BCUT2D eigenvalue weighted by molar-refractivity contribution is 9.10. The van der Waals surface area contributed by atoms with Crippen molar-refractivity contribution in [1.29, 1.82) is 0 Å². The number of carbonyl (C=O) groups excluding carboxylic acids is 1. The van der Waals surface area contributed by atoms with Crippen molar-refractivity contribution in [1.82, 2.24) is 14.8 Å². The number of halogens is 3. The molecule has 1 amide bonds. The van der Waals surface area contributed by atoms with Crippen LogP contribution >= 0.6 is 55.2 Å². The summed E-state index contributed by atoms with van der Waals surface area (Å²) >= 11 is 14.2. The van der Waals surface area contributed by atoms with Gasteiger partial charge in [-0.1, -0.05) is 45.4 Å².